The molecule has 0 aliphatic rings. The number of hydrogen-bond donors (Lipinski definition) is 0. The van der Waals surface area contributed by atoms with E-state index in [1.54, 1.807) is 18.2 Å². The second-order valence-corrected chi connectivity index (χ2v) is 11.3. The molecule has 0 saturated heterocycles. The summed E-state index contributed by atoms with van der Waals surface area (Å²) in [6.45, 7) is 11.8. The zero-order valence-corrected chi connectivity index (χ0v) is 14.4. The zero-order chi connectivity index (χ0) is 16.3. The van der Waals surface area contributed by atoms with E-state index in [1.165, 1.54) is 6.07 Å². The molecule has 0 fully saturated rings. The first-order chi connectivity index (χ1) is 9.56. The monoisotopic (exact) mass is 314 g/mol. The number of rotatable bonds is 6. The Labute approximate surface area is 126 Å². The summed E-state index contributed by atoms with van der Waals surface area (Å²) in [5.41, 5.74) is 1.47. The summed E-state index contributed by atoms with van der Waals surface area (Å²) in [7, 11) is -1.95. The van der Waals surface area contributed by atoms with Gasteiger partial charge in [-0.2, -0.15) is 8.78 Å². The Morgan fingerprint density at radius 3 is 2.38 bits per heavy atom. The smallest absolute Gasteiger partial charge is 0.387 e. The minimum absolute atomic E-state index is 0.0623. The molecule has 2 nitrogen and oxygen atoms in total. The molecule has 1 aromatic rings. The number of hydrogen-bond acceptors (Lipinski definition) is 2. The van der Waals surface area contributed by atoms with E-state index in [2.05, 4.69) is 45.2 Å². The van der Waals surface area contributed by atoms with Crippen LogP contribution in [0, 0.1) is 0 Å². The normalized spacial score (nSPS) is 12.6. The number of alkyl halides is 2. The molecule has 5 heteroatoms. The van der Waals surface area contributed by atoms with Crippen LogP contribution in [0.15, 0.2) is 24.8 Å². The highest BCUT2D eigenvalue weighted by molar-refractivity contribution is 6.74. The van der Waals surface area contributed by atoms with Crippen molar-refractivity contribution in [2.45, 2.75) is 52.1 Å². The van der Waals surface area contributed by atoms with E-state index in [-0.39, 0.29) is 17.4 Å². The molecule has 0 atom stereocenters. The van der Waals surface area contributed by atoms with Crippen LogP contribution < -0.4 is 4.74 Å². The standard InChI is InChI=1S/C16H24F2O2Si/c1-7-12-8-9-14(20-15(17)18)13(10-12)11-19-21(5,6)16(2,3)4/h7-10,15H,1,11H2,2-6H3. The van der Waals surface area contributed by atoms with E-state index >= 15 is 0 Å². The fraction of sp³-hybridized carbons (Fsp3) is 0.500. The van der Waals surface area contributed by atoms with Crippen LogP contribution in [0.3, 0.4) is 0 Å². The van der Waals surface area contributed by atoms with Crippen molar-refractivity contribution < 1.29 is 17.9 Å². The van der Waals surface area contributed by atoms with Crippen molar-refractivity contribution in [3.05, 3.63) is 35.9 Å². The second kappa shape index (κ2) is 6.71. The molecule has 0 aliphatic carbocycles. The highest BCUT2D eigenvalue weighted by Gasteiger charge is 2.37. The Bertz CT molecular complexity index is 494. The Morgan fingerprint density at radius 1 is 1.29 bits per heavy atom. The van der Waals surface area contributed by atoms with Gasteiger partial charge in [0.25, 0.3) is 0 Å². The van der Waals surface area contributed by atoms with Crippen molar-refractivity contribution in [3.63, 3.8) is 0 Å². The van der Waals surface area contributed by atoms with Crippen LogP contribution in [-0.2, 0) is 11.0 Å². The van der Waals surface area contributed by atoms with Gasteiger partial charge in [0.05, 0.1) is 6.61 Å². The summed E-state index contributed by atoms with van der Waals surface area (Å²) < 4.78 is 35.6. The molecule has 1 rings (SSSR count). The third-order valence-corrected chi connectivity index (χ3v) is 8.41. The lowest BCUT2D eigenvalue weighted by molar-refractivity contribution is -0.0508. The minimum atomic E-state index is -2.84. The van der Waals surface area contributed by atoms with Gasteiger partial charge in [-0.05, 0) is 35.8 Å². The van der Waals surface area contributed by atoms with Crippen LogP contribution in [0.25, 0.3) is 6.08 Å². The van der Waals surface area contributed by atoms with E-state index in [1.807, 2.05) is 0 Å². The number of halogens is 2. The van der Waals surface area contributed by atoms with Gasteiger partial charge in [-0.25, -0.2) is 0 Å². The van der Waals surface area contributed by atoms with Gasteiger partial charge in [0, 0.05) is 5.56 Å². The summed E-state index contributed by atoms with van der Waals surface area (Å²) in [4.78, 5) is 0. The maximum Gasteiger partial charge on any atom is 0.387 e. The molecular weight excluding hydrogens is 290 g/mol. The second-order valence-electron chi connectivity index (χ2n) is 6.50. The molecule has 0 heterocycles. The third-order valence-electron chi connectivity index (χ3n) is 3.93. The number of ether oxygens (including phenoxy) is 1. The molecule has 21 heavy (non-hydrogen) atoms. The van der Waals surface area contributed by atoms with Gasteiger partial charge in [0.15, 0.2) is 8.32 Å². The van der Waals surface area contributed by atoms with E-state index in [0.29, 0.717) is 5.56 Å². The van der Waals surface area contributed by atoms with Gasteiger partial charge in [0.1, 0.15) is 5.75 Å². The fourth-order valence-corrected chi connectivity index (χ4v) is 2.47. The predicted molar refractivity (Wildman–Crippen MR) is 85.2 cm³/mol. The Kier molecular flexibility index (Phi) is 5.70. The van der Waals surface area contributed by atoms with E-state index < -0.39 is 14.9 Å². The number of benzene rings is 1. The highest BCUT2D eigenvalue weighted by Crippen LogP contribution is 2.37. The van der Waals surface area contributed by atoms with Crippen LogP contribution >= 0.6 is 0 Å². The quantitative estimate of drug-likeness (QED) is 0.650. The minimum Gasteiger partial charge on any atom is -0.434 e. The predicted octanol–water partition coefficient (Wildman–Crippen LogP) is 5.45. The van der Waals surface area contributed by atoms with Gasteiger partial charge in [0.2, 0.25) is 0 Å². The maximum atomic E-state index is 12.5. The summed E-state index contributed by atoms with van der Waals surface area (Å²) in [5.74, 6) is 0.161. The Hall–Kier alpha value is -1.20. The summed E-state index contributed by atoms with van der Waals surface area (Å²) in [6, 6.07) is 5.01. The molecule has 0 aliphatic heterocycles. The van der Waals surface area contributed by atoms with Crippen molar-refractivity contribution in [3.8, 4) is 5.75 Å². The van der Waals surface area contributed by atoms with E-state index in [9.17, 15) is 8.78 Å². The van der Waals surface area contributed by atoms with Crippen LogP contribution in [0.1, 0.15) is 31.9 Å². The average Bonchev–Trinajstić information content (AvgIpc) is 2.35. The summed E-state index contributed by atoms with van der Waals surface area (Å²) in [5, 5.41) is 0.0623. The molecule has 0 spiro atoms. The first-order valence-electron chi connectivity index (χ1n) is 6.91. The topological polar surface area (TPSA) is 18.5 Å². The summed E-state index contributed by atoms with van der Waals surface area (Å²) in [6.07, 6.45) is 1.67. The fourth-order valence-electron chi connectivity index (χ4n) is 1.52. The van der Waals surface area contributed by atoms with E-state index in [0.717, 1.165) is 5.56 Å². The van der Waals surface area contributed by atoms with Crippen molar-refractivity contribution in [2.75, 3.05) is 0 Å². The van der Waals surface area contributed by atoms with Crippen LogP contribution in [0.4, 0.5) is 8.78 Å². The van der Waals surface area contributed by atoms with Gasteiger partial charge < -0.3 is 9.16 Å². The Morgan fingerprint density at radius 2 is 1.90 bits per heavy atom. The van der Waals surface area contributed by atoms with Crippen molar-refractivity contribution >= 4 is 14.4 Å². The third kappa shape index (κ3) is 4.93. The van der Waals surface area contributed by atoms with Gasteiger partial charge in [-0.1, -0.05) is 39.5 Å². The van der Waals surface area contributed by atoms with Crippen LogP contribution in [0.2, 0.25) is 18.1 Å². The molecule has 0 bridgehead atoms. The molecule has 0 radical (unpaired) electrons. The lowest BCUT2D eigenvalue weighted by Gasteiger charge is -2.36. The maximum absolute atomic E-state index is 12.5. The highest BCUT2D eigenvalue weighted by atomic mass is 28.4. The van der Waals surface area contributed by atoms with E-state index in [4.69, 9.17) is 4.43 Å². The van der Waals surface area contributed by atoms with Crippen molar-refractivity contribution in [1.82, 2.24) is 0 Å². The molecule has 0 saturated carbocycles. The van der Waals surface area contributed by atoms with Crippen molar-refractivity contribution in [1.29, 1.82) is 0 Å². The largest absolute Gasteiger partial charge is 0.434 e. The molecule has 0 aromatic heterocycles. The van der Waals surface area contributed by atoms with Crippen LogP contribution in [0.5, 0.6) is 5.75 Å². The van der Waals surface area contributed by atoms with Gasteiger partial charge in [-0.15, -0.1) is 0 Å². The molecule has 118 valence electrons. The Balaban J connectivity index is 2.97. The zero-order valence-electron chi connectivity index (χ0n) is 13.4. The molecule has 0 N–H and O–H groups in total. The molecular formula is C16H24F2O2Si. The molecule has 0 unspecified atom stereocenters. The molecule has 0 amide bonds. The summed E-state index contributed by atoms with van der Waals surface area (Å²) >= 11 is 0. The first-order valence-corrected chi connectivity index (χ1v) is 9.82. The molecule has 1 aromatic carbocycles. The SMILES string of the molecule is C=Cc1ccc(OC(F)F)c(CO[Si](C)(C)C(C)(C)C)c1. The van der Waals surface area contributed by atoms with Crippen LogP contribution in [-0.4, -0.2) is 14.9 Å². The van der Waals surface area contributed by atoms with Crippen molar-refractivity contribution in [2.24, 2.45) is 0 Å². The lowest BCUT2D eigenvalue weighted by atomic mass is 10.1. The van der Waals surface area contributed by atoms with Gasteiger partial charge in [-0.3, -0.25) is 0 Å². The lowest BCUT2D eigenvalue weighted by Crippen LogP contribution is -2.40. The van der Waals surface area contributed by atoms with Gasteiger partial charge >= 0.3 is 6.61 Å². The first kappa shape index (κ1) is 17.8. The average molecular weight is 314 g/mol.